The Hall–Kier alpha value is -1.10. The van der Waals surface area contributed by atoms with Crippen molar-refractivity contribution in [2.75, 3.05) is 33.2 Å². The molecule has 90 valence electrons. The van der Waals surface area contributed by atoms with Crippen LogP contribution in [0.3, 0.4) is 0 Å². The summed E-state index contributed by atoms with van der Waals surface area (Å²) in [5, 5.41) is 3.39. The third-order valence-corrected chi connectivity index (χ3v) is 3.33. The van der Waals surface area contributed by atoms with E-state index < -0.39 is 0 Å². The van der Waals surface area contributed by atoms with Crippen LogP contribution in [0.15, 0.2) is 0 Å². The van der Waals surface area contributed by atoms with Gasteiger partial charge in [-0.1, -0.05) is 6.42 Å². The molecule has 2 saturated heterocycles. The summed E-state index contributed by atoms with van der Waals surface area (Å²) < 4.78 is 0. The Labute approximate surface area is 95.8 Å². The van der Waals surface area contributed by atoms with E-state index in [0.29, 0.717) is 12.6 Å². The van der Waals surface area contributed by atoms with Crippen molar-refractivity contribution in [3.8, 4) is 0 Å². The van der Waals surface area contributed by atoms with Crippen LogP contribution in [-0.2, 0) is 9.59 Å². The van der Waals surface area contributed by atoms with Gasteiger partial charge in [-0.15, -0.1) is 0 Å². The van der Waals surface area contributed by atoms with E-state index in [4.69, 9.17) is 0 Å². The van der Waals surface area contributed by atoms with Gasteiger partial charge in [-0.25, -0.2) is 0 Å². The summed E-state index contributed by atoms with van der Waals surface area (Å²) >= 11 is 0. The molecule has 2 amide bonds. The fraction of sp³-hybridized carbons (Fsp3) is 0.818. The van der Waals surface area contributed by atoms with Crippen LogP contribution in [0, 0.1) is 0 Å². The van der Waals surface area contributed by atoms with Gasteiger partial charge in [0.2, 0.25) is 11.8 Å². The molecule has 0 aliphatic carbocycles. The molecule has 0 saturated carbocycles. The number of piperidine rings is 1. The number of nitrogens with one attached hydrogen (secondary N) is 1. The van der Waals surface area contributed by atoms with Gasteiger partial charge in [-0.2, -0.15) is 0 Å². The first-order valence-electron chi connectivity index (χ1n) is 5.92. The lowest BCUT2D eigenvalue weighted by atomic mass is 10.0. The number of amides is 2. The summed E-state index contributed by atoms with van der Waals surface area (Å²) in [6.45, 7) is 2.18. The summed E-state index contributed by atoms with van der Waals surface area (Å²) in [4.78, 5) is 26.4. The number of hydrogen-bond donors (Lipinski definition) is 1. The molecule has 0 aromatic rings. The van der Waals surface area contributed by atoms with Crippen LogP contribution in [-0.4, -0.2) is 60.9 Å². The molecule has 1 atom stereocenters. The zero-order valence-electron chi connectivity index (χ0n) is 9.74. The Balaban J connectivity index is 1.88. The smallest absolute Gasteiger partial charge is 0.242 e. The minimum Gasteiger partial charge on any atom is -0.335 e. The quantitative estimate of drug-likeness (QED) is 0.684. The lowest BCUT2D eigenvalue weighted by Crippen LogP contribution is -2.55. The van der Waals surface area contributed by atoms with Gasteiger partial charge in [0, 0.05) is 19.6 Å². The number of likely N-dealkylation sites (N-methyl/N-ethyl adjacent to an activating group) is 1. The maximum Gasteiger partial charge on any atom is 0.242 e. The van der Waals surface area contributed by atoms with Gasteiger partial charge in [-0.05, 0) is 19.4 Å². The van der Waals surface area contributed by atoms with Crippen molar-refractivity contribution in [3.63, 3.8) is 0 Å². The minimum atomic E-state index is 0.0374. The first-order chi connectivity index (χ1) is 7.66. The number of nitrogens with zero attached hydrogens (tertiary/aromatic N) is 2. The summed E-state index contributed by atoms with van der Waals surface area (Å²) in [6.07, 6.45) is 3.54. The summed E-state index contributed by atoms with van der Waals surface area (Å²) in [5.41, 5.74) is 0. The van der Waals surface area contributed by atoms with Crippen LogP contribution in [0.25, 0.3) is 0 Å². The molecule has 2 aliphatic rings. The molecule has 2 fully saturated rings. The summed E-state index contributed by atoms with van der Waals surface area (Å²) in [5.74, 6) is 0.102. The van der Waals surface area contributed by atoms with Gasteiger partial charge in [0.25, 0.3) is 0 Å². The molecule has 0 aromatic carbocycles. The molecule has 2 rings (SSSR count). The number of piperazine rings is 1. The maximum absolute atomic E-state index is 11.7. The van der Waals surface area contributed by atoms with Crippen molar-refractivity contribution in [3.05, 3.63) is 0 Å². The molecular weight excluding hydrogens is 206 g/mol. The highest BCUT2D eigenvalue weighted by Crippen LogP contribution is 2.10. The molecule has 5 heteroatoms. The van der Waals surface area contributed by atoms with Gasteiger partial charge < -0.3 is 15.1 Å². The molecule has 1 N–H and O–H groups in total. The molecular formula is C11H19N3O2. The van der Waals surface area contributed by atoms with Crippen LogP contribution in [0.4, 0.5) is 0 Å². The van der Waals surface area contributed by atoms with E-state index in [-0.39, 0.29) is 24.9 Å². The van der Waals surface area contributed by atoms with Crippen molar-refractivity contribution in [1.29, 1.82) is 0 Å². The predicted octanol–water partition coefficient (Wildman–Crippen LogP) is -0.571. The second-order valence-corrected chi connectivity index (χ2v) is 4.67. The molecule has 0 spiro atoms. The van der Waals surface area contributed by atoms with Gasteiger partial charge in [-0.3, -0.25) is 9.59 Å². The lowest BCUT2D eigenvalue weighted by molar-refractivity contribution is -0.149. The molecule has 5 nitrogen and oxygen atoms in total. The van der Waals surface area contributed by atoms with Crippen LogP contribution < -0.4 is 5.32 Å². The first-order valence-corrected chi connectivity index (χ1v) is 5.92. The van der Waals surface area contributed by atoms with Crippen LogP contribution >= 0.6 is 0 Å². The van der Waals surface area contributed by atoms with E-state index in [1.807, 2.05) is 0 Å². The summed E-state index contributed by atoms with van der Waals surface area (Å²) in [7, 11) is 1.68. The minimum absolute atomic E-state index is 0.0374. The van der Waals surface area contributed by atoms with Crippen molar-refractivity contribution in [1.82, 2.24) is 15.1 Å². The second-order valence-electron chi connectivity index (χ2n) is 4.67. The molecule has 0 aromatic heterocycles. The van der Waals surface area contributed by atoms with Crippen molar-refractivity contribution >= 4 is 11.8 Å². The van der Waals surface area contributed by atoms with E-state index in [2.05, 4.69) is 5.32 Å². The average molecular weight is 225 g/mol. The van der Waals surface area contributed by atoms with Gasteiger partial charge in [0.05, 0.1) is 13.1 Å². The zero-order chi connectivity index (χ0) is 11.5. The number of carbonyl (C=O) groups excluding carboxylic acids is 2. The van der Waals surface area contributed by atoms with Crippen LogP contribution in [0.5, 0.6) is 0 Å². The van der Waals surface area contributed by atoms with E-state index in [1.165, 1.54) is 17.7 Å². The molecule has 2 heterocycles. The predicted molar refractivity (Wildman–Crippen MR) is 59.9 cm³/mol. The van der Waals surface area contributed by atoms with E-state index in [0.717, 1.165) is 13.0 Å². The molecule has 16 heavy (non-hydrogen) atoms. The van der Waals surface area contributed by atoms with E-state index in [9.17, 15) is 9.59 Å². The van der Waals surface area contributed by atoms with E-state index in [1.54, 1.807) is 11.9 Å². The Kier molecular flexibility index (Phi) is 3.43. The fourth-order valence-corrected chi connectivity index (χ4v) is 2.28. The number of rotatable bonds is 2. The van der Waals surface area contributed by atoms with Crippen LogP contribution in [0.1, 0.15) is 19.3 Å². The third-order valence-electron chi connectivity index (χ3n) is 3.33. The Morgan fingerprint density at radius 2 is 2.06 bits per heavy atom. The van der Waals surface area contributed by atoms with Gasteiger partial charge in [0.15, 0.2) is 0 Å². The highest BCUT2D eigenvalue weighted by Gasteiger charge is 2.29. The second kappa shape index (κ2) is 4.82. The molecule has 0 bridgehead atoms. The third kappa shape index (κ3) is 2.52. The topological polar surface area (TPSA) is 52.7 Å². The Bertz CT molecular complexity index is 287. The van der Waals surface area contributed by atoms with Gasteiger partial charge >= 0.3 is 0 Å². The number of hydrogen-bond acceptors (Lipinski definition) is 3. The van der Waals surface area contributed by atoms with Crippen molar-refractivity contribution in [2.24, 2.45) is 0 Å². The highest BCUT2D eigenvalue weighted by molar-refractivity contribution is 5.92. The zero-order valence-corrected chi connectivity index (χ0v) is 9.74. The maximum atomic E-state index is 11.7. The number of carbonyl (C=O) groups is 2. The molecule has 0 radical (unpaired) electrons. The standard InChI is InChI=1S/C11H19N3O2/c1-13-7-11(16)14(8-10(13)15)6-9-4-2-3-5-12-9/h9,12H,2-8H2,1H3. The van der Waals surface area contributed by atoms with Crippen LogP contribution in [0.2, 0.25) is 0 Å². The molecule has 1 unspecified atom stereocenters. The SMILES string of the molecule is CN1CC(=O)N(CC2CCCCN2)CC1=O. The lowest BCUT2D eigenvalue weighted by Gasteiger charge is -2.35. The van der Waals surface area contributed by atoms with Crippen molar-refractivity contribution < 1.29 is 9.59 Å². The van der Waals surface area contributed by atoms with E-state index >= 15 is 0 Å². The Morgan fingerprint density at radius 3 is 2.75 bits per heavy atom. The Morgan fingerprint density at radius 1 is 1.25 bits per heavy atom. The largest absolute Gasteiger partial charge is 0.335 e. The monoisotopic (exact) mass is 225 g/mol. The normalized spacial score (nSPS) is 27.4. The highest BCUT2D eigenvalue weighted by atomic mass is 16.2. The average Bonchev–Trinajstić information content (AvgIpc) is 2.27. The van der Waals surface area contributed by atoms with Gasteiger partial charge in [0.1, 0.15) is 0 Å². The summed E-state index contributed by atoms with van der Waals surface area (Å²) in [6, 6.07) is 0.369. The fourth-order valence-electron chi connectivity index (χ4n) is 2.28. The molecule has 2 aliphatic heterocycles. The van der Waals surface area contributed by atoms with Crippen molar-refractivity contribution in [2.45, 2.75) is 25.3 Å². The first kappa shape index (κ1) is 11.4.